The van der Waals surface area contributed by atoms with E-state index in [1.807, 2.05) is 36.4 Å². The van der Waals surface area contributed by atoms with E-state index in [4.69, 9.17) is 0 Å². The van der Waals surface area contributed by atoms with Crippen LogP contribution in [0.1, 0.15) is 24.5 Å². The molecule has 3 amide bonds. The van der Waals surface area contributed by atoms with Gasteiger partial charge < -0.3 is 16.0 Å². The van der Waals surface area contributed by atoms with Gasteiger partial charge in [0.1, 0.15) is 0 Å². The molecule has 1 fully saturated rings. The average Bonchev–Trinajstić information content (AvgIpc) is 3.36. The first-order valence-corrected chi connectivity index (χ1v) is 8.42. The largest absolute Gasteiger partial charge is 0.352 e. The first kappa shape index (κ1) is 17.0. The number of nitrogens with zero attached hydrogens (tertiary/aromatic N) is 1. The van der Waals surface area contributed by atoms with Gasteiger partial charge in [-0.25, -0.2) is 4.79 Å². The molecule has 2 aromatic rings. The number of carbonyl (C=O) groups is 2. The molecule has 130 valence electrons. The highest BCUT2D eigenvalue weighted by atomic mass is 16.2. The summed E-state index contributed by atoms with van der Waals surface area (Å²) < 4.78 is 0. The maximum Gasteiger partial charge on any atom is 0.319 e. The summed E-state index contributed by atoms with van der Waals surface area (Å²) in [5, 5.41) is 8.55. The summed E-state index contributed by atoms with van der Waals surface area (Å²) in [7, 11) is 0. The lowest BCUT2D eigenvalue weighted by molar-refractivity contribution is -0.122. The predicted molar refractivity (Wildman–Crippen MR) is 95.7 cm³/mol. The van der Waals surface area contributed by atoms with E-state index in [9.17, 15) is 9.59 Å². The van der Waals surface area contributed by atoms with Gasteiger partial charge in [0.05, 0.1) is 0 Å². The summed E-state index contributed by atoms with van der Waals surface area (Å²) in [5.41, 5.74) is 2.63. The van der Waals surface area contributed by atoms with Crippen molar-refractivity contribution in [2.45, 2.75) is 26.4 Å². The normalized spacial score (nSPS) is 18.3. The third-order valence-corrected chi connectivity index (χ3v) is 4.30. The minimum absolute atomic E-state index is 0.112. The van der Waals surface area contributed by atoms with E-state index in [-0.39, 0.29) is 17.9 Å². The van der Waals surface area contributed by atoms with Crippen molar-refractivity contribution in [2.24, 2.45) is 11.8 Å². The fourth-order valence-corrected chi connectivity index (χ4v) is 2.63. The molecule has 0 saturated heterocycles. The van der Waals surface area contributed by atoms with Crippen LogP contribution in [-0.4, -0.2) is 16.9 Å². The molecular weight excluding hydrogens is 316 g/mol. The number of pyridine rings is 1. The molecule has 1 aromatic heterocycles. The van der Waals surface area contributed by atoms with Crippen LogP contribution in [0.3, 0.4) is 0 Å². The van der Waals surface area contributed by atoms with Gasteiger partial charge >= 0.3 is 6.03 Å². The van der Waals surface area contributed by atoms with Crippen LogP contribution in [0.25, 0.3) is 0 Å². The number of carbonyl (C=O) groups excluding carboxylic acids is 2. The summed E-state index contributed by atoms with van der Waals surface area (Å²) in [4.78, 5) is 27.8. The molecule has 2 atom stereocenters. The van der Waals surface area contributed by atoms with Gasteiger partial charge in [-0.15, -0.1) is 0 Å². The lowest BCUT2D eigenvalue weighted by atomic mass is 10.2. The predicted octanol–water partition coefficient (Wildman–Crippen LogP) is 2.68. The molecule has 1 aliphatic rings. The van der Waals surface area contributed by atoms with E-state index < -0.39 is 0 Å². The van der Waals surface area contributed by atoms with Crippen molar-refractivity contribution in [3.05, 3.63) is 59.9 Å². The Morgan fingerprint density at radius 2 is 1.80 bits per heavy atom. The zero-order valence-corrected chi connectivity index (χ0v) is 14.2. The maximum absolute atomic E-state index is 12.0. The van der Waals surface area contributed by atoms with Crippen molar-refractivity contribution in [3.63, 3.8) is 0 Å². The highest BCUT2D eigenvalue weighted by Crippen LogP contribution is 2.37. The summed E-state index contributed by atoms with van der Waals surface area (Å²) in [6.07, 6.45) is 4.36. The first-order chi connectivity index (χ1) is 12.1. The second-order valence-electron chi connectivity index (χ2n) is 6.40. The molecule has 0 aliphatic heterocycles. The summed E-state index contributed by atoms with van der Waals surface area (Å²) in [6.45, 7) is 2.99. The fourth-order valence-electron chi connectivity index (χ4n) is 2.63. The number of benzene rings is 1. The molecule has 1 heterocycles. The van der Waals surface area contributed by atoms with Gasteiger partial charge in [0, 0.05) is 37.1 Å². The average molecular weight is 338 g/mol. The SMILES string of the molecule is C[C@H]1C[C@@H]1C(=O)NCc1cccc(NC(=O)NCc2ccncc2)c1. The van der Waals surface area contributed by atoms with Gasteiger partial charge in [0.25, 0.3) is 0 Å². The smallest absolute Gasteiger partial charge is 0.319 e. The topological polar surface area (TPSA) is 83.1 Å². The Balaban J connectivity index is 1.47. The number of hydrogen-bond donors (Lipinski definition) is 3. The standard InChI is InChI=1S/C19H22N4O2/c1-13-9-17(13)18(24)21-12-15-3-2-4-16(10-15)23-19(25)22-11-14-5-7-20-8-6-14/h2-8,10,13,17H,9,11-12H2,1H3,(H,21,24)(H2,22,23,25)/t13-,17-/m0/s1. The molecule has 3 N–H and O–H groups in total. The number of amides is 3. The van der Waals surface area contributed by atoms with Crippen molar-refractivity contribution in [3.8, 4) is 0 Å². The molecule has 0 bridgehead atoms. The molecule has 1 saturated carbocycles. The van der Waals surface area contributed by atoms with E-state index in [1.54, 1.807) is 12.4 Å². The Morgan fingerprint density at radius 3 is 2.52 bits per heavy atom. The van der Waals surface area contributed by atoms with Crippen molar-refractivity contribution in [1.82, 2.24) is 15.6 Å². The number of nitrogens with one attached hydrogen (secondary N) is 3. The lowest BCUT2D eigenvalue weighted by Gasteiger charge is -2.10. The molecule has 3 rings (SSSR count). The molecule has 25 heavy (non-hydrogen) atoms. The van der Waals surface area contributed by atoms with Gasteiger partial charge in [0.15, 0.2) is 0 Å². The van der Waals surface area contributed by atoms with Crippen LogP contribution in [0.15, 0.2) is 48.8 Å². The monoisotopic (exact) mass is 338 g/mol. The zero-order chi connectivity index (χ0) is 17.6. The molecular formula is C19H22N4O2. The Bertz CT molecular complexity index is 748. The van der Waals surface area contributed by atoms with Crippen molar-refractivity contribution in [1.29, 1.82) is 0 Å². The second kappa shape index (κ2) is 7.79. The molecule has 0 unspecified atom stereocenters. The molecule has 0 spiro atoms. The highest BCUT2D eigenvalue weighted by Gasteiger charge is 2.38. The van der Waals surface area contributed by atoms with E-state index in [0.29, 0.717) is 24.7 Å². The fraction of sp³-hybridized carbons (Fsp3) is 0.316. The van der Waals surface area contributed by atoms with E-state index in [1.165, 1.54) is 0 Å². The Hall–Kier alpha value is -2.89. The third kappa shape index (κ3) is 5.04. The van der Waals surface area contributed by atoms with Gasteiger partial charge in [-0.1, -0.05) is 19.1 Å². The van der Waals surface area contributed by atoms with E-state index >= 15 is 0 Å². The lowest BCUT2D eigenvalue weighted by Crippen LogP contribution is -2.28. The quantitative estimate of drug-likeness (QED) is 0.757. The second-order valence-corrected chi connectivity index (χ2v) is 6.40. The van der Waals surface area contributed by atoms with Gasteiger partial charge in [-0.05, 0) is 47.7 Å². The molecule has 0 radical (unpaired) electrons. The highest BCUT2D eigenvalue weighted by molar-refractivity contribution is 5.89. The minimum Gasteiger partial charge on any atom is -0.352 e. The van der Waals surface area contributed by atoms with E-state index in [0.717, 1.165) is 17.5 Å². The van der Waals surface area contributed by atoms with Crippen molar-refractivity contribution in [2.75, 3.05) is 5.32 Å². The van der Waals surface area contributed by atoms with E-state index in [2.05, 4.69) is 27.9 Å². The first-order valence-electron chi connectivity index (χ1n) is 8.42. The summed E-state index contributed by atoms with van der Waals surface area (Å²) in [5.74, 6) is 0.776. The van der Waals surface area contributed by atoms with Crippen LogP contribution < -0.4 is 16.0 Å². The molecule has 1 aliphatic carbocycles. The Morgan fingerprint density at radius 1 is 1.08 bits per heavy atom. The van der Waals surface area contributed by atoms with Crippen LogP contribution in [0.5, 0.6) is 0 Å². The van der Waals surface area contributed by atoms with Crippen LogP contribution in [0.4, 0.5) is 10.5 Å². The number of anilines is 1. The van der Waals surface area contributed by atoms with Gasteiger partial charge in [-0.3, -0.25) is 9.78 Å². The summed E-state index contributed by atoms with van der Waals surface area (Å²) in [6, 6.07) is 10.9. The van der Waals surface area contributed by atoms with Crippen LogP contribution in [-0.2, 0) is 17.9 Å². The van der Waals surface area contributed by atoms with Crippen LogP contribution in [0, 0.1) is 11.8 Å². The molecule has 1 aromatic carbocycles. The molecule has 6 nitrogen and oxygen atoms in total. The molecule has 6 heteroatoms. The van der Waals surface area contributed by atoms with Gasteiger partial charge in [-0.2, -0.15) is 0 Å². The number of aromatic nitrogens is 1. The van der Waals surface area contributed by atoms with Crippen LogP contribution >= 0.6 is 0 Å². The maximum atomic E-state index is 12.0. The third-order valence-electron chi connectivity index (χ3n) is 4.30. The number of hydrogen-bond acceptors (Lipinski definition) is 3. The van der Waals surface area contributed by atoms with Crippen molar-refractivity contribution < 1.29 is 9.59 Å². The zero-order valence-electron chi connectivity index (χ0n) is 14.2. The summed E-state index contributed by atoms with van der Waals surface area (Å²) >= 11 is 0. The Labute approximate surface area is 147 Å². The minimum atomic E-state index is -0.273. The Kier molecular flexibility index (Phi) is 5.28. The number of urea groups is 1. The van der Waals surface area contributed by atoms with Crippen molar-refractivity contribution >= 4 is 17.6 Å². The number of rotatable bonds is 6. The van der Waals surface area contributed by atoms with Crippen LogP contribution in [0.2, 0.25) is 0 Å². The van der Waals surface area contributed by atoms with Gasteiger partial charge in [0.2, 0.25) is 5.91 Å².